The zero-order valence-electron chi connectivity index (χ0n) is 9.58. The molecule has 6 nitrogen and oxygen atoms in total. The predicted octanol–water partition coefficient (Wildman–Crippen LogP) is 2.37. The average Bonchev–Trinajstić information content (AvgIpc) is 3.06. The van der Waals surface area contributed by atoms with Gasteiger partial charge in [0.1, 0.15) is 6.33 Å². The summed E-state index contributed by atoms with van der Waals surface area (Å²) < 4.78 is 2.04. The molecule has 0 atom stereocenters. The maximum Gasteiger partial charge on any atom is 0.409 e. The smallest absolute Gasteiger partial charge is 0.409 e. The number of rotatable bonds is 3. The Labute approximate surface area is 103 Å². The summed E-state index contributed by atoms with van der Waals surface area (Å²) in [5.41, 5.74) is 1.40. The second-order valence-corrected chi connectivity index (χ2v) is 4.30. The minimum absolute atomic E-state index is 0.492. The normalized spacial score (nSPS) is 14.4. The van der Waals surface area contributed by atoms with Crippen molar-refractivity contribution in [3.63, 3.8) is 0 Å². The number of hydrogen-bond acceptors (Lipinski definition) is 3. The molecule has 0 saturated heterocycles. The van der Waals surface area contributed by atoms with E-state index in [0.717, 1.165) is 24.2 Å². The number of aromatic nitrogens is 3. The highest BCUT2D eigenvalue weighted by Gasteiger charge is 2.26. The van der Waals surface area contributed by atoms with E-state index in [-0.39, 0.29) is 0 Å². The average molecular weight is 244 g/mol. The summed E-state index contributed by atoms with van der Waals surface area (Å²) in [6.07, 6.45) is 2.95. The van der Waals surface area contributed by atoms with Gasteiger partial charge < -0.3 is 9.67 Å². The molecule has 0 bridgehead atoms. The third-order valence-electron chi connectivity index (χ3n) is 2.89. The Morgan fingerprint density at radius 1 is 1.44 bits per heavy atom. The first-order valence-corrected chi connectivity index (χ1v) is 5.74. The van der Waals surface area contributed by atoms with Crippen LogP contribution in [0.25, 0.3) is 11.4 Å². The third-order valence-corrected chi connectivity index (χ3v) is 2.89. The van der Waals surface area contributed by atoms with E-state index in [1.165, 1.54) is 0 Å². The molecule has 1 aliphatic carbocycles. The number of benzene rings is 1. The lowest BCUT2D eigenvalue weighted by Gasteiger charge is -2.06. The summed E-state index contributed by atoms with van der Waals surface area (Å²) in [7, 11) is 0. The van der Waals surface area contributed by atoms with Crippen molar-refractivity contribution in [3.05, 3.63) is 30.6 Å². The van der Waals surface area contributed by atoms with Gasteiger partial charge in [0.05, 0.1) is 0 Å². The van der Waals surface area contributed by atoms with Gasteiger partial charge in [-0.25, -0.2) is 4.79 Å². The molecule has 18 heavy (non-hydrogen) atoms. The van der Waals surface area contributed by atoms with Crippen molar-refractivity contribution in [2.24, 2.45) is 0 Å². The minimum Gasteiger partial charge on any atom is -0.465 e. The number of carbonyl (C=O) groups is 1. The molecule has 6 heteroatoms. The van der Waals surface area contributed by atoms with Gasteiger partial charge in [0.25, 0.3) is 0 Å². The van der Waals surface area contributed by atoms with Crippen LogP contribution in [-0.4, -0.2) is 26.0 Å². The molecule has 1 aromatic heterocycles. The Morgan fingerprint density at radius 2 is 2.28 bits per heavy atom. The van der Waals surface area contributed by atoms with Gasteiger partial charge >= 0.3 is 6.09 Å². The SMILES string of the molecule is O=C(O)Nc1cccc(-c2nncn2C2CC2)c1. The highest BCUT2D eigenvalue weighted by Crippen LogP contribution is 2.37. The summed E-state index contributed by atoms with van der Waals surface area (Å²) in [5.74, 6) is 0.784. The van der Waals surface area contributed by atoms with E-state index in [2.05, 4.69) is 15.5 Å². The molecule has 92 valence electrons. The van der Waals surface area contributed by atoms with Crippen molar-refractivity contribution >= 4 is 11.8 Å². The fourth-order valence-corrected chi connectivity index (χ4v) is 1.93. The Balaban J connectivity index is 1.95. The lowest BCUT2D eigenvalue weighted by atomic mass is 10.2. The van der Waals surface area contributed by atoms with Crippen molar-refractivity contribution < 1.29 is 9.90 Å². The van der Waals surface area contributed by atoms with Gasteiger partial charge in [-0.1, -0.05) is 12.1 Å². The molecule has 2 N–H and O–H groups in total. The predicted molar refractivity (Wildman–Crippen MR) is 65.4 cm³/mol. The molecule has 1 heterocycles. The first kappa shape index (κ1) is 10.8. The van der Waals surface area contributed by atoms with Crippen molar-refractivity contribution in [2.75, 3.05) is 5.32 Å². The van der Waals surface area contributed by atoms with Crippen LogP contribution in [0, 0.1) is 0 Å². The van der Waals surface area contributed by atoms with Gasteiger partial charge in [0, 0.05) is 17.3 Å². The Hall–Kier alpha value is -2.37. The third kappa shape index (κ3) is 2.04. The van der Waals surface area contributed by atoms with Crippen LogP contribution >= 0.6 is 0 Å². The molecule has 2 aromatic rings. The fourth-order valence-electron chi connectivity index (χ4n) is 1.93. The molecule has 0 unspecified atom stereocenters. The van der Waals surface area contributed by atoms with Crippen LogP contribution in [0.5, 0.6) is 0 Å². The molecule has 0 spiro atoms. The molecule has 1 aliphatic rings. The molecule has 1 amide bonds. The summed E-state index contributed by atoms with van der Waals surface area (Å²) in [6, 6.07) is 7.65. The maximum absolute atomic E-state index is 10.6. The van der Waals surface area contributed by atoms with Crippen molar-refractivity contribution in [3.8, 4) is 11.4 Å². The Kier molecular flexibility index (Phi) is 2.47. The number of amides is 1. The molecule has 0 aliphatic heterocycles. The van der Waals surface area contributed by atoms with E-state index < -0.39 is 6.09 Å². The van der Waals surface area contributed by atoms with Crippen LogP contribution < -0.4 is 5.32 Å². The largest absolute Gasteiger partial charge is 0.465 e. The van der Waals surface area contributed by atoms with E-state index in [1.54, 1.807) is 24.5 Å². The van der Waals surface area contributed by atoms with Gasteiger partial charge in [-0.2, -0.15) is 0 Å². The topological polar surface area (TPSA) is 80.0 Å². The maximum atomic E-state index is 10.6. The summed E-state index contributed by atoms with van der Waals surface area (Å²) in [4.78, 5) is 10.6. The number of nitrogens with one attached hydrogen (secondary N) is 1. The highest BCUT2D eigenvalue weighted by molar-refractivity contribution is 5.83. The van der Waals surface area contributed by atoms with Crippen molar-refractivity contribution in [2.45, 2.75) is 18.9 Å². The first-order chi connectivity index (χ1) is 8.74. The van der Waals surface area contributed by atoms with Crippen LogP contribution in [0.15, 0.2) is 30.6 Å². The minimum atomic E-state index is -1.07. The molecule has 1 saturated carbocycles. The van der Waals surface area contributed by atoms with Crippen LogP contribution in [0.3, 0.4) is 0 Å². The number of nitrogens with zero attached hydrogens (tertiary/aromatic N) is 3. The van der Waals surface area contributed by atoms with E-state index in [1.807, 2.05) is 10.6 Å². The van der Waals surface area contributed by atoms with Gasteiger partial charge in [-0.15, -0.1) is 10.2 Å². The van der Waals surface area contributed by atoms with Crippen molar-refractivity contribution in [1.29, 1.82) is 0 Å². The van der Waals surface area contributed by atoms with E-state index in [0.29, 0.717) is 11.7 Å². The second kappa shape index (κ2) is 4.14. The van der Waals surface area contributed by atoms with Crippen LogP contribution in [0.2, 0.25) is 0 Å². The monoisotopic (exact) mass is 244 g/mol. The Bertz CT molecular complexity index is 589. The summed E-state index contributed by atoms with van der Waals surface area (Å²) in [5, 5.41) is 19.1. The van der Waals surface area contributed by atoms with E-state index in [9.17, 15) is 4.79 Å². The number of anilines is 1. The van der Waals surface area contributed by atoms with Crippen molar-refractivity contribution in [1.82, 2.24) is 14.8 Å². The summed E-state index contributed by atoms with van der Waals surface area (Å²) in [6.45, 7) is 0. The number of carboxylic acid groups (broad SMARTS) is 1. The van der Waals surface area contributed by atoms with Gasteiger partial charge in [-0.3, -0.25) is 5.32 Å². The molecule has 3 rings (SSSR count). The van der Waals surface area contributed by atoms with E-state index in [4.69, 9.17) is 5.11 Å². The van der Waals surface area contributed by atoms with Gasteiger partial charge in [0.2, 0.25) is 0 Å². The Morgan fingerprint density at radius 3 is 3.00 bits per heavy atom. The van der Waals surface area contributed by atoms with E-state index >= 15 is 0 Å². The second-order valence-electron chi connectivity index (χ2n) is 4.30. The summed E-state index contributed by atoms with van der Waals surface area (Å²) >= 11 is 0. The molecule has 1 fully saturated rings. The van der Waals surface area contributed by atoms with Crippen LogP contribution in [0.4, 0.5) is 10.5 Å². The highest BCUT2D eigenvalue weighted by atomic mass is 16.4. The van der Waals surface area contributed by atoms with Gasteiger partial charge in [0.15, 0.2) is 5.82 Å². The molecular weight excluding hydrogens is 232 g/mol. The standard InChI is InChI=1S/C12H12N4O2/c17-12(18)14-9-3-1-2-8(6-9)11-15-13-7-16(11)10-4-5-10/h1-3,6-7,10,14H,4-5H2,(H,17,18). The lowest BCUT2D eigenvalue weighted by molar-refractivity contribution is 0.210. The lowest BCUT2D eigenvalue weighted by Crippen LogP contribution is -2.07. The van der Waals surface area contributed by atoms with Crippen LogP contribution in [0.1, 0.15) is 18.9 Å². The zero-order chi connectivity index (χ0) is 12.5. The van der Waals surface area contributed by atoms with Gasteiger partial charge in [-0.05, 0) is 25.0 Å². The fraction of sp³-hybridized carbons (Fsp3) is 0.250. The number of hydrogen-bond donors (Lipinski definition) is 2. The zero-order valence-corrected chi connectivity index (χ0v) is 9.58. The first-order valence-electron chi connectivity index (χ1n) is 5.74. The molecule has 1 aromatic carbocycles. The molecular formula is C12H12N4O2. The van der Waals surface area contributed by atoms with Crippen LogP contribution in [-0.2, 0) is 0 Å². The quantitative estimate of drug-likeness (QED) is 0.868. The molecule has 0 radical (unpaired) electrons.